The summed E-state index contributed by atoms with van der Waals surface area (Å²) in [5.74, 6) is -0.483. The molecule has 0 aliphatic heterocycles. The van der Waals surface area contributed by atoms with Gasteiger partial charge >= 0.3 is 0 Å². The van der Waals surface area contributed by atoms with Crippen LogP contribution in [-0.4, -0.2) is 31.2 Å². The zero-order valence-electron chi connectivity index (χ0n) is 11.6. The van der Waals surface area contributed by atoms with Gasteiger partial charge in [0.1, 0.15) is 0 Å². The third-order valence-electron chi connectivity index (χ3n) is 2.67. The highest BCUT2D eigenvalue weighted by atomic mass is 32.2. The first-order valence-electron chi connectivity index (χ1n) is 6.39. The molecule has 0 bridgehead atoms. The molecule has 3 N–H and O–H groups in total. The molecule has 0 aromatic heterocycles. The Morgan fingerprint density at radius 3 is 2.60 bits per heavy atom. The van der Waals surface area contributed by atoms with E-state index < -0.39 is 22.0 Å². The molecule has 6 nitrogen and oxygen atoms in total. The van der Waals surface area contributed by atoms with Crippen LogP contribution in [0.2, 0.25) is 0 Å². The van der Waals surface area contributed by atoms with Crippen LogP contribution in [0.4, 0.5) is 5.69 Å². The number of hydrogen-bond donors (Lipinski definition) is 3. The van der Waals surface area contributed by atoms with E-state index in [-0.39, 0.29) is 12.4 Å². The van der Waals surface area contributed by atoms with Gasteiger partial charge in [0.25, 0.3) is 0 Å². The van der Waals surface area contributed by atoms with Crippen LogP contribution >= 0.6 is 0 Å². The van der Waals surface area contributed by atoms with E-state index in [1.807, 2.05) is 0 Å². The van der Waals surface area contributed by atoms with Gasteiger partial charge in [-0.2, -0.15) is 0 Å². The number of anilines is 1. The number of nitrogens with one attached hydrogen (secondary N) is 2. The third-order valence-corrected chi connectivity index (χ3v) is 4.33. The van der Waals surface area contributed by atoms with Crippen molar-refractivity contribution in [2.45, 2.75) is 32.9 Å². The summed E-state index contributed by atoms with van der Waals surface area (Å²) >= 11 is 0. The molecule has 0 saturated heterocycles. The molecular weight excluding hydrogens is 280 g/mol. The fraction of sp³-hybridized carbons (Fsp3) is 0.462. The van der Waals surface area contributed by atoms with Crippen molar-refractivity contribution in [3.05, 3.63) is 29.8 Å². The Hall–Kier alpha value is -1.44. The quantitative estimate of drug-likeness (QED) is 0.695. The van der Waals surface area contributed by atoms with Crippen molar-refractivity contribution >= 4 is 21.6 Å². The maximum atomic E-state index is 11.9. The van der Waals surface area contributed by atoms with Crippen molar-refractivity contribution < 1.29 is 18.3 Å². The van der Waals surface area contributed by atoms with E-state index in [1.54, 1.807) is 31.2 Å². The number of rotatable bonds is 7. The lowest BCUT2D eigenvalue weighted by atomic mass is 10.2. The summed E-state index contributed by atoms with van der Waals surface area (Å²) < 4.78 is 25.5. The van der Waals surface area contributed by atoms with Gasteiger partial charge in [0.15, 0.2) is 0 Å². The maximum absolute atomic E-state index is 11.9. The van der Waals surface area contributed by atoms with Gasteiger partial charge in [-0.05, 0) is 19.4 Å². The summed E-state index contributed by atoms with van der Waals surface area (Å²) in [6.07, 6.45) is 0.483. The Morgan fingerprint density at radius 2 is 2.00 bits per heavy atom. The zero-order valence-corrected chi connectivity index (χ0v) is 12.4. The van der Waals surface area contributed by atoms with Crippen LogP contribution < -0.4 is 10.0 Å². The van der Waals surface area contributed by atoms with Gasteiger partial charge in [0.05, 0.1) is 18.4 Å². The van der Waals surface area contributed by atoms with Crippen LogP contribution in [0.1, 0.15) is 25.8 Å². The van der Waals surface area contributed by atoms with Crippen LogP contribution in [0.15, 0.2) is 24.3 Å². The van der Waals surface area contributed by atoms with Gasteiger partial charge in [-0.1, -0.05) is 25.1 Å². The predicted octanol–water partition coefficient (Wildman–Crippen LogP) is 0.835. The average molecular weight is 300 g/mol. The molecule has 1 atom stereocenters. The topological polar surface area (TPSA) is 95.5 Å². The molecule has 0 spiro atoms. The minimum Gasteiger partial charge on any atom is -0.392 e. The highest BCUT2D eigenvalue weighted by Gasteiger charge is 2.20. The first-order valence-corrected chi connectivity index (χ1v) is 8.04. The molecule has 0 aliphatic rings. The summed E-state index contributed by atoms with van der Waals surface area (Å²) in [6.45, 7) is 3.03. The minimum absolute atomic E-state index is 0.0160. The van der Waals surface area contributed by atoms with Gasteiger partial charge in [-0.15, -0.1) is 0 Å². The summed E-state index contributed by atoms with van der Waals surface area (Å²) in [6, 6.07) is 5.92. The van der Waals surface area contributed by atoms with Crippen LogP contribution in [0, 0.1) is 0 Å². The normalized spacial score (nSPS) is 12.9. The SMILES string of the molecule is CCCS(=O)(=O)NC(C)C(=O)Nc1ccccc1CO. The number of carbonyl (C=O) groups is 1. The summed E-state index contributed by atoms with van der Waals surface area (Å²) in [5, 5.41) is 11.8. The van der Waals surface area contributed by atoms with Gasteiger partial charge < -0.3 is 10.4 Å². The van der Waals surface area contributed by atoms with Crippen molar-refractivity contribution in [3.8, 4) is 0 Å². The molecule has 1 unspecified atom stereocenters. The summed E-state index contributed by atoms with van der Waals surface area (Å²) in [4.78, 5) is 11.9. The van der Waals surface area contributed by atoms with Gasteiger partial charge in [0.2, 0.25) is 15.9 Å². The number of amides is 1. The van der Waals surface area contributed by atoms with Gasteiger partial charge in [0, 0.05) is 11.3 Å². The summed E-state index contributed by atoms with van der Waals surface area (Å²) in [5.41, 5.74) is 1.05. The first-order chi connectivity index (χ1) is 9.39. The number of para-hydroxylation sites is 1. The largest absolute Gasteiger partial charge is 0.392 e. The Balaban J connectivity index is 2.71. The molecular formula is C13H20N2O4S. The molecule has 1 rings (SSSR count). The molecule has 112 valence electrons. The molecule has 0 heterocycles. The van der Waals surface area contributed by atoms with E-state index >= 15 is 0 Å². The number of aliphatic hydroxyl groups excluding tert-OH is 1. The number of sulfonamides is 1. The molecule has 0 aliphatic carbocycles. The monoisotopic (exact) mass is 300 g/mol. The minimum atomic E-state index is -3.44. The maximum Gasteiger partial charge on any atom is 0.242 e. The van der Waals surface area contributed by atoms with Crippen molar-refractivity contribution in [2.24, 2.45) is 0 Å². The highest BCUT2D eigenvalue weighted by Crippen LogP contribution is 2.15. The Kier molecular flexibility index (Phi) is 6.12. The van der Waals surface area contributed by atoms with Crippen molar-refractivity contribution in [2.75, 3.05) is 11.1 Å². The Labute approximate surface area is 119 Å². The third kappa shape index (κ3) is 4.92. The number of carbonyl (C=O) groups excluding carboxylic acids is 1. The van der Waals surface area contributed by atoms with Crippen LogP contribution in [-0.2, 0) is 21.4 Å². The number of aliphatic hydroxyl groups is 1. The lowest BCUT2D eigenvalue weighted by Crippen LogP contribution is -2.42. The van der Waals surface area contributed by atoms with E-state index in [0.717, 1.165) is 0 Å². The smallest absolute Gasteiger partial charge is 0.242 e. The second-order valence-corrected chi connectivity index (χ2v) is 6.34. The standard InChI is InChI=1S/C13H20N2O4S/c1-3-8-20(18,19)15-10(2)13(17)14-12-7-5-4-6-11(12)9-16/h4-7,10,15-16H,3,8-9H2,1-2H3,(H,14,17). The molecule has 0 fully saturated rings. The second kappa shape index (κ2) is 7.37. The number of hydrogen-bond acceptors (Lipinski definition) is 4. The fourth-order valence-electron chi connectivity index (χ4n) is 1.67. The molecule has 1 aromatic carbocycles. The van der Waals surface area contributed by atoms with E-state index in [4.69, 9.17) is 5.11 Å². The van der Waals surface area contributed by atoms with Crippen LogP contribution in [0.25, 0.3) is 0 Å². The van der Waals surface area contributed by atoms with E-state index in [0.29, 0.717) is 17.7 Å². The van der Waals surface area contributed by atoms with E-state index in [9.17, 15) is 13.2 Å². The molecule has 1 amide bonds. The molecule has 1 aromatic rings. The van der Waals surface area contributed by atoms with Crippen molar-refractivity contribution in [1.29, 1.82) is 0 Å². The first kappa shape index (κ1) is 16.6. The predicted molar refractivity (Wildman–Crippen MR) is 77.7 cm³/mol. The zero-order chi connectivity index (χ0) is 15.2. The van der Waals surface area contributed by atoms with Crippen molar-refractivity contribution in [1.82, 2.24) is 4.72 Å². The lowest BCUT2D eigenvalue weighted by Gasteiger charge is -2.15. The van der Waals surface area contributed by atoms with E-state index in [1.165, 1.54) is 6.92 Å². The lowest BCUT2D eigenvalue weighted by molar-refractivity contribution is -0.117. The Bertz CT molecular complexity index is 557. The molecule has 7 heteroatoms. The van der Waals surface area contributed by atoms with Gasteiger partial charge in [-0.3, -0.25) is 4.79 Å². The van der Waals surface area contributed by atoms with Crippen LogP contribution in [0.5, 0.6) is 0 Å². The highest BCUT2D eigenvalue weighted by molar-refractivity contribution is 7.89. The van der Waals surface area contributed by atoms with Crippen LogP contribution in [0.3, 0.4) is 0 Å². The molecule has 0 radical (unpaired) electrons. The van der Waals surface area contributed by atoms with Crippen molar-refractivity contribution in [3.63, 3.8) is 0 Å². The number of benzene rings is 1. The molecule has 20 heavy (non-hydrogen) atoms. The fourth-order valence-corrected chi connectivity index (χ4v) is 2.97. The van der Waals surface area contributed by atoms with Gasteiger partial charge in [-0.25, -0.2) is 13.1 Å². The second-order valence-electron chi connectivity index (χ2n) is 4.46. The molecule has 0 saturated carbocycles. The Morgan fingerprint density at radius 1 is 1.35 bits per heavy atom. The average Bonchev–Trinajstić information content (AvgIpc) is 2.38. The van der Waals surface area contributed by atoms with E-state index in [2.05, 4.69) is 10.0 Å². The summed E-state index contributed by atoms with van der Waals surface area (Å²) in [7, 11) is -3.44.